The number of nitrogens with zero attached hydrogens (tertiary/aromatic N) is 1. The molecule has 2 heterocycles. The molecule has 5 nitrogen and oxygen atoms in total. The van der Waals surface area contributed by atoms with Crippen LogP contribution in [0.4, 0.5) is 10.5 Å². The van der Waals surface area contributed by atoms with Crippen LogP contribution in [0.3, 0.4) is 0 Å². The Morgan fingerprint density at radius 1 is 1.00 bits per heavy atom. The van der Waals surface area contributed by atoms with Crippen molar-refractivity contribution in [2.24, 2.45) is 0 Å². The molecule has 142 valence electrons. The molecule has 0 unspecified atom stereocenters. The van der Waals surface area contributed by atoms with Gasteiger partial charge in [-0.25, -0.2) is 4.79 Å². The van der Waals surface area contributed by atoms with Gasteiger partial charge in [0.15, 0.2) is 0 Å². The van der Waals surface area contributed by atoms with Crippen molar-refractivity contribution in [2.75, 3.05) is 25.0 Å². The molecule has 0 saturated carbocycles. The first-order chi connectivity index (χ1) is 12.8. The van der Waals surface area contributed by atoms with Crippen LogP contribution in [0.15, 0.2) is 54.6 Å². The Balaban J connectivity index is 0.00000210. The number of benzene rings is 2. The molecule has 1 aromatic heterocycles. The minimum atomic E-state index is -0.166. The van der Waals surface area contributed by atoms with Gasteiger partial charge in [-0.15, -0.1) is 12.4 Å². The predicted molar refractivity (Wildman–Crippen MR) is 113 cm³/mol. The Hall–Kier alpha value is -2.50. The van der Waals surface area contributed by atoms with E-state index in [1.807, 2.05) is 30.3 Å². The first-order valence-corrected chi connectivity index (χ1v) is 9.22. The third-order valence-corrected chi connectivity index (χ3v) is 4.94. The lowest BCUT2D eigenvalue weighted by molar-refractivity contribution is 0.251. The van der Waals surface area contributed by atoms with Crippen molar-refractivity contribution in [1.82, 2.24) is 15.2 Å². The van der Waals surface area contributed by atoms with Crippen molar-refractivity contribution < 1.29 is 4.79 Å². The van der Waals surface area contributed by atoms with Crippen LogP contribution in [-0.2, 0) is 19.4 Å². The summed E-state index contributed by atoms with van der Waals surface area (Å²) < 4.78 is 2.38. The average molecular weight is 385 g/mol. The molecule has 2 aromatic carbocycles. The molecule has 1 aliphatic heterocycles. The number of nitrogens with one attached hydrogen (secondary N) is 3. The zero-order chi connectivity index (χ0) is 17.8. The van der Waals surface area contributed by atoms with Gasteiger partial charge in [0.1, 0.15) is 0 Å². The van der Waals surface area contributed by atoms with Crippen LogP contribution in [-0.4, -0.2) is 30.2 Å². The number of amides is 2. The molecular formula is C21H25ClN4O. The third kappa shape index (κ3) is 4.26. The maximum Gasteiger partial charge on any atom is 0.319 e. The standard InChI is InChI=1S/C21H24N4O.ClH/c26-21(24-16-6-2-1-3-7-16)23-14-15-25-19-9-5-4-8-17(19)18-10-12-22-13-11-20(18)25;/h1-9,22H,10-15H2,(H2,23,24,26);1H. The molecule has 1 aliphatic rings. The molecule has 0 spiro atoms. The number of aromatic nitrogens is 1. The fourth-order valence-electron chi connectivity index (χ4n) is 3.77. The Morgan fingerprint density at radius 2 is 1.74 bits per heavy atom. The highest BCUT2D eigenvalue weighted by molar-refractivity contribution is 5.89. The summed E-state index contributed by atoms with van der Waals surface area (Å²) in [6.45, 7) is 3.40. The van der Waals surface area contributed by atoms with Gasteiger partial charge in [0.05, 0.1) is 0 Å². The maximum absolute atomic E-state index is 12.1. The van der Waals surface area contributed by atoms with E-state index in [4.69, 9.17) is 0 Å². The van der Waals surface area contributed by atoms with E-state index >= 15 is 0 Å². The van der Waals surface area contributed by atoms with E-state index in [0.717, 1.165) is 38.2 Å². The molecule has 0 saturated heterocycles. The zero-order valence-corrected chi connectivity index (χ0v) is 16.0. The van der Waals surface area contributed by atoms with Crippen molar-refractivity contribution in [3.8, 4) is 0 Å². The molecule has 3 N–H and O–H groups in total. The Labute approximate surface area is 165 Å². The molecule has 0 atom stereocenters. The summed E-state index contributed by atoms with van der Waals surface area (Å²) in [5, 5.41) is 10.7. The maximum atomic E-state index is 12.1. The summed E-state index contributed by atoms with van der Waals surface area (Å²) in [5.41, 5.74) is 4.93. The molecule has 27 heavy (non-hydrogen) atoms. The molecule has 0 radical (unpaired) electrons. The highest BCUT2D eigenvalue weighted by Gasteiger charge is 2.18. The van der Waals surface area contributed by atoms with Gasteiger partial charge in [0.2, 0.25) is 0 Å². The molecule has 4 rings (SSSR count). The number of fused-ring (bicyclic) bond motifs is 3. The fraction of sp³-hybridized carbons (Fsp3) is 0.286. The first-order valence-electron chi connectivity index (χ1n) is 9.22. The third-order valence-electron chi connectivity index (χ3n) is 4.94. The van der Waals surface area contributed by atoms with E-state index in [9.17, 15) is 4.79 Å². The average Bonchev–Trinajstić information content (AvgIpc) is 2.82. The smallest absolute Gasteiger partial charge is 0.319 e. The van der Waals surface area contributed by atoms with E-state index in [1.165, 1.54) is 22.2 Å². The molecule has 6 heteroatoms. The van der Waals surface area contributed by atoms with Gasteiger partial charge in [0, 0.05) is 48.3 Å². The quantitative estimate of drug-likeness (QED) is 0.644. The lowest BCUT2D eigenvalue weighted by Gasteiger charge is -2.12. The highest BCUT2D eigenvalue weighted by Crippen LogP contribution is 2.28. The van der Waals surface area contributed by atoms with Gasteiger partial charge in [-0.1, -0.05) is 36.4 Å². The number of para-hydroxylation sites is 2. The van der Waals surface area contributed by atoms with Crippen molar-refractivity contribution in [1.29, 1.82) is 0 Å². The van der Waals surface area contributed by atoms with Gasteiger partial charge < -0.3 is 20.5 Å². The Bertz CT molecular complexity index is 907. The number of carbonyl (C=O) groups is 1. The second-order valence-corrected chi connectivity index (χ2v) is 6.59. The number of hydrogen-bond acceptors (Lipinski definition) is 2. The Kier molecular flexibility index (Phi) is 6.37. The van der Waals surface area contributed by atoms with E-state index < -0.39 is 0 Å². The van der Waals surface area contributed by atoms with Gasteiger partial charge in [0.25, 0.3) is 0 Å². The van der Waals surface area contributed by atoms with Gasteiger partial charge in [-0.05, 0) is 36.7 Å². The molecule has 0 bridgehead atoms. The number of carbonyl (C=O) groups excluding carboxylic acids is 1. The summed E-state index contributed by atoms with van der Waals surface area (Å²) >= 11 is 0. The lowest BCUT2D eigenvalue weighted by Crippen LogP contribution is -2.31. The monoisotopic (exact) mass is 384 g/mol. The van der Waals surface area contributed by atoms with Crippen molar-refractivity contribution in [3.63, 3.8) is 0 Å². The topological polar surface area (TPSA) is 58.1 Å². The van der Waals surface area contributed by atoms with E-state index in [1.54, 1.807) is 0 Å². The number of urea groups is 1. The van der Waals surface area contributed by atoms with E-state index in [0.29, 0.717) is 6.54 Å². The number of hydrogen-bond donors (Lipinski definition) is 3. The minimum absolute atomic E-state index is 0. The van der Waals surface area contributed by atoms with Crippen LogP contribution >= 0.6 is 12.4 Å². The van der Waals surface area contributed by atoms with Crippen molar-refractivity contribution in [2.45, 2.75) is 19.4 Å². The summed E-state index contributed by atoms with van der Waals surface area (Å²) in [7, 11) is 0. The second kappa shape index (κ2) is 8.93. The largest absolute Gasteiger partial charge is 0.342 e. The van der Waals surface area contributed by atoms with Crippen LogP contribution in [0.5, 0.6) is 0 Å². The first kappa shape index (κ1) is 19.3. The normalized spacial score (nSPS) is 13.3. The summed E-state index contributed by atoms with van der Waals surface area (Å²) in [4.78, 5) is 12.1. The van der Waals surface area contributed by atoms with E-state index in [-0.39, 0.29) is 18.4 Å². The summed E-state index contributed by atoms with van der Waals surface area (Å²) in [6.07, 6.45) is 2.09. The Morgan fingerprint density at radius 3 is 2.59 bits per heavy atom. The van der Waals surface area contributed by atoms with Crippen LogP contribution in [0, 0.1) is 0 Å². The van der Waals surface area contributed by atoms with E-state index in [2.05, 4.69) is 44.8 Å². The molecule has 0 aliphatic carbocycles. The lowest BCUT2D eigenvalue weighted by atomic mass is 10.1. The zero-order valence-electron chi connectivity index (χ0n) is 15.2. The molecule has 3 aromatic rings. The number of halogens is 1. The van der Waals surface area contributed by atoms with Crippen molar-refractivity contribution in [3.05, 3.63) is 65.9 Å². The second-order valence-electron chi connectivity index (χ2n) is 6.59. The molecule has 0 fully saturated rings. The molecule has 2 amide bonds. The van der Waals surface area contributed by atoms with Crippen molar-refractivity contribution >= 4 is 35.0 Å². The fourth-order valence-corrected chi connectivity index (χ4v) is 3.77. The number of rotatable bonds is 4. The minimum Gasteiger partial charge on any atom is -0.342 e. The van der Waals surface area contributed by atoms with Crippen LogP contribution in [0.25, 0.3) is 10.9 Å². The summed E-state index contributed by atoms with van der Waals surface area (Å²) in [5.74, 6) is 0. The van der Waals surface area contributed by atoms with Crippen LogP contribution in [0.2, 0.25) is 0 Å². The predicted octanol–water partition coefficient (Wildman–Crippen LogP) is 3.57. The van der Waals surface area contributed by atoms with Gasteiger partial charge in [-0.2, -0.15) is 0 Å². The summed E-state index contributed by atoms with van der Waals surface area (Å²) in [6, 6.07) is 17.9. The molecular weight excluding hydrogens is 360 g/mol. The SMILES string of the molecule is Cl.O=C(NCCn1c2c(c3ccccc31)CCNCC2)Nc1ccccc1. The highest BCUT2D eigenvalue weighted by atomic mass is 35.5. The van der Waals surface area contributed by atoms with Gasteiger partial charge in [-0.3, -0.25) is 0 Å². The number of anilines is 1. The van der Waals surface area contributed by atoms with Crippen LogP contribution in [0.1, 0.15) is 11.3 Å². The van der Waals surface area contributed by atoms with Crippen LogP contribution < -0.4 is 16.0 Å². The van der Waals surface area contributed by atoms with Gasteiger partial charge >= 0.3 is 6.03 Å².